The van der Waals surface area contributed by atoms with Crippen LogP contribution in [0.4, 0.5) is 10.1 Å². The van der Waals surface area contributed by atoms with Crippen molar-refractivity contribution in [3.05, 3.63) is 58.3 Å². The number of halogens is 2. The third-order valence-corrected chi connectivity index (χ3v) is 4.31. The van der Waals surface area contributed by atoms with Crippen LogP contribution in [0.25, 0.3) is 0 Å². The lowest BCUT2D eigenvalue weighted by Gasteiger charge is -2.30. The van der Waals surface area contributed by atoms with Gasteiger partial charge in [-0.15, -0.1) is 0 Å². The van der Waals surface area contributed by atoms with Crippen molar-refractivity contribution in [3.63, 3.8) is 0 Å². The average Bonchev–Trinajstić information content (AvgIpc) is 2.62. The van der Waals surface area contributed by atoms with E-state index in [2.05, 4.69) is 31.1 Å². The summed E-state index contributed by atoms with van der Waals surface area (Å²) in [6.07, 6.45) is 0. The van der Waals surface area contributed by atoms with Gasteiger partial charge in [-0.1, -0.05) is 22.0 Å². The fraction of sp³-hybridized carbons (Fsp3) is 0.278. The van der Waals surface area contributed by atoms with E-state index in [4.69, 9.17) is 4.74 Å². The molecule has 1 aliphatic heterocycles. The van der Waals surface area contributed by atoms with Crippen LogP contribution in [0.15, 0.2) is 51.9 Å². The first kappa shape index (κ1) is 17.7. The molecule has 5 nitrogen and oxygen atoms in total. The number of hydrogen-bond acceptors (Lipinski definition) is 3. The Morgan fingerprint density at radius 1 is 1.24 bits per heavy atom. The molecule has 0 unspecified atom stereocenters. The van der Waals surface area contributed by atoms with Crippen molar-refractivity contribution in [1.29, 1.82) is 0 Å². The smallest absolute Gasteiger partial charge is 0.198 e. The fourth-order valence-electron chi connectivity index (χ4n) is 2.53. The van der Waals surface area contributed by atoms with Gasteiger partial charge in [-0.25, -0.2) is 9.38 Å². The van der Waals surface area contributed by atoms with Gasteiger partial charge in [-0.05, 0) is 30.3 Å². The Morgan fingerprint density at radius 3 is 2.80 bits per heavy atom. The number of nitrogens with zero attached hydrogens (tertiary/aromatic N) is 2. The molecule has 7 heteroatoms. The maximum Gasteiger partial charge on any atom is 0.198 e. The molecule has 132 valence electrons. The van der Waals surface area contributed by atoms with Crippen LogP contribution in [-0.2, 0) is 11.3 Å². The van der Waals surface area contributed by atoms with E-state index in [9.17, 15) is 9.50 Å². The summed E-state index contributed by atoms with van der Waals surface area (Å²) in [6.45, 7) is 2.85. The van der Waals surface area contributed by atoms with Crippen LogP contribution in [0, 0.1) is 5.82 Å². The summed E-state index contributed by atoms with van der Waals surface area (Å²) >= 11 is 3.36. The first-order valence-corrected chi connectivity index (χ1v) is 8.78. The first-order valence-electron chi connectivity index (χ1n) is 7.99. The van der Waals surface area contributed by atoms with Crippen LogP contribution in [0.1, 0.15) is 5.56 Å². The van der Waals surface area contributed by atoms with Crippen LogP contribution >= 0.6 is 15.9 Å². The molecular weight excluding hydrogens is 389 g/mol. The Labute approximate surface area is 154 Å². The van der Waals surface area contributed by atoms with Gasteiger partial charge in [-0.3, -0.25) is 0 Å². The van der Waals surface area contributed by atoms with Gasteiger partial charge >= 0.3 is 0 Å². The van der Waals surface area contributed by atoms with Gasteiger partial charge in [-0.2, -0.15) is 0 Å². The number of anilines is 1. The molecule has 0 aromatic heterocycles. The molecule has 2 N–H and O–H groups in total. The number of nitrogens with one attached hydrogen (secondary N) is 1. The number of rotatable bonds is 3. The molecular formula is C18H19BrFN3O2. The molecule has 0 spiro atoms. The predicted molar refractivity (Wildman–Crippen MR) is 99.4 cm³/mol. The Balaban J connectivity index is 1.83. The maximum atomic E-state index is 14.0. The Bertz CT molecular complexity index is 764. The van der Waals surface area contributed by atoms with Gasteiger partial charge in [0.05, 0.1) is 19.8 Å². The van der Waals surface area contributed by atoms with Crippen LogP contribution in [0.2, 0.25) is 0 Å². The minimum absolute atomic E-state index is 0.171. The molecule has 1 saturated heterocycles. The first-order chi connectivity index (χ1) is 12.1. The molecule has 2 aromatic rings. The molecule has 25 heavy (non-hydrogen) atoms. The molecule has 3 rings (SSSR count). The van der Waals surface area contributed by atoms with Crippen molar-refractivity contribution in [3.8, 4) is 5.75 Å². The van der Waals surface area contributed by atoms with E-state index in [-0.39, 0.29) is 18.1 Å². The molecule has 0 atom stereocenters. The Kier molecular flexibility index (Phi) is 5.88. The lowest BCUT2D eigenvalue weighted by atomic mass is 10.2. The number of aromatic hydroxyl groups is 1. The number of phenolic OH excluding ortho intramolecular Hbond substituents is 1. The van der Waals surface area contributed by atoms with Crippen molar-refractivity contribution in [2.24, 2.45) is 4.99 Å². The van der Waals surface area contributed by atoms with Gasteiger partial charge in [0.25, 0.3) is 0 Å². The van der Waals surface area contributed by atoms with E-state index < -0.39 is 0 Å². The number of ether oxygens (including phenoxy) is 1. The highest BCUT2D eigenvalue weighted by Gasteiger charge is 2.16. The zero-order chi connectivity index (χ0) is 17.6. The van der Waals surface area contributed by atoms with E-state index in [1.54, 1.807) is 30.3 Å². The molecule has 0 radical (unpaired) electrons. The van der Waals surface area contributed by atoms with Gasteiger partial charge in [0, 0.05) is 34.9 Å². The SMILES string of the molecule is Oc1cccc(NC(=NCc2cc(Br)ccc2F)N2CCOCC2)c1. The number of benzene rings is 2. The average molecular weight is 408 g/mol. The molecule has 1 heterocycles. The molecule has 1 fully saturated rings. The zero-order valence-corrected chi connectivity index (χ0v) is 15.2. The van der Waals surface area contributed by atoms with Crippen LogP contribution < -0.4 is 5.32 Å². The standard InChI is InChI=1S/C18H19BrFN3O2/c19-14-4-5-17(20)13(10-14)12-21-18(23-6-8-25-9-7-23)22-15-2-1-3-16(24)11-15/h1-5,10-11,24H,6-9,12H2,(H,21,22). The molecule has 2 aromatic carbocycles. The van der Waals surface area contributed by atoms with Crippen LogP contribution in [0.5, 0.6) is 5.75 Å². The number of phenols is 1. The highest BCUT2D eigenvalue weighted by molar-refractivity contribution is 9.10. The quantitative estimate of drug-likeness (QED) is 0.602. The summed E-state index contributed by atoms with van der Waals surface area (Å²) in [5, 5.41) is 12.9. The molecule has 1 aliphatic rings. The fourth-order valence-corrected chi connectivity index (χ4v) is 2.94. The van der Waals surface area contributed by atoms with E-state index in [1.807, 2.05) is 6.07 Å². The summed E-state index contributed by atoms with van der Waals surface area (Å²) in [4.78, 5) is 6.64. The third kappa shape index (κ3) is 4.93. The Hall–Kier alpha value is -2.12. The summed E-state index contributed by atoms with van der Waals surface area (Å²) in [6, 6.07) is 11.6. The van der Waals surface area contributed by atoms with Gasteiger partial charge in [0.1, 0.15) is 11.6 Å². The summed E-state index contributed by atoms with van der Waals surface area (Å²) in [5.41, 5.74) is 1.23. The van der Waals surface area contributed by atoms with E-state index in [0.29, 0.717) is 37.8 Å². The monoisotopic (exact) mass is 407 g/mol. The second-order valence-corrected chi connectivity index (χ2v) is 6.57. The lowest BCUT2D eigenvalue weighted by Crippen LogP contribution is -2.44. The highest BCUT2D eigenvalue weighted by atomic mass is 79.9. The number of morpholine rings is 1. The predicted octanol–water partition coefficient (Wildman–Crippen LogP) is 3.59. The third-order valence-electron chi connectivity index (χ3n) is 3.82. The van der Waals surface area contributed by atoms with Crippen molar-refractivity contribution in [1.82, 2.24) is 4.90 Å². The highest BCUT2D eigenvalue weighted by Crippen LogP contribution is 2.18. The van der Waals surface area contributed by atoms with Crippen molar-refractivity contribution < 1.29 is 14.2 Å². The summed E-state index contributed by atoms with van der Waals surface area (Å²) in [5.74, 6) is 0.517. The molecule has 0 aliphatic carbocycles. The zero-order valence-electron chi connectivity index (χ0n) is 13.6. The minimum Gasteiger partial charge on any atom is -0.508 e. The normalized spacial score (nSPS) is 15.3. The maximum absolute atomic E-state index is 14.0. The number of hydrogen-bond donors (Lipinski definition) is 2. The summed E-state index contributed by atoms with van der Waals surface area (Å²) < 4.78 is 20.2. The minimum atomic E-state index is -0.286. The van der Waals surface area contributed by atoms with Crippen molar-refractivity contribution in [2.75, 3.05) is 31.6 Å². The van der Waals surface area contributed by atoms with Crippen LogP contribution in [-0.4, -0.2) is 42.3 Å². The van der Waals surface area contributed by atoms with Crippen molar-refractivity contribution >= 4 is 27.6 Å². The van der Waals surface area contributed by atoms with Gasteiger partial charge in [0.2, 0.25) is 0 Å². The number of aliphatic imine (C=N–C) groups is 1. The largest absolute Gasteiger partial charge is 0.508 e. The lowest BCUT2D eigenvalue weighted by molar-refractivity contribution is 0.0679. The second kappa shape index (κ2) is 8.31. The van der Waals surface area contributed by atoms with E-state index in [0.717, 1.165) is 10.2 Å². The van der Waals surface area contributed by atoms with E-state index >= 15 is 0 Å². The van der Waals surface area contributed by atoms with Gasteiger partial charge in [0.15, 0.2) is 5.96 Å². The topological polar surface area (TPSA) is 57.1 Å². The van der Waals surface area contributed by atoms with Crippen molar-refractivity contribution in [2.45, 2.75) is 6.54 Å². The Morgan fingerprint density at radius 2 is 2.04 bits per heavy atom. The second-order valence-electron chi connectivity index (χ2n) is 5.65. The van der Waals surface area contributed by atoms with Crippen LogP contribution in [0.3, 0.4) is 0 Å². The molecule has 0 amide bonds. The molecule has 0 bridgehead atoms. The van der Waals surface area contributed by atoms with Gasteiger partial charge < -0.3 is 20.1 Å². The van der Waals surface area contributed by atoms with E-state index in [1.165, 1.54) is 6.07 Å². The number of guanidine groups is 1. The molecule has 0 saturated carbocycles. The summed E-state index contributed by atoms with van der Waals surface area (Å²) in [7, 11) is 0.